The Hall–Kier alpha value is -4.51. The predicted molar refractivity (Wildman–Crippen MR) is 150 cm³/mol. The second-order valence-corrected chi connectivity index (χ2v) is 11.3. The average Bonchev–Trinajstić information content (AvgIpc) is 3.35. The fraction of sp³-hybridized carbons (Fsp3) is 0.556. The first-order valence-corrected chi connectivity index (χ1v) is 14.5. The van der Waals surface area contributed by atoms with Gasteiger partial charge in [-0.25, -0.2) is 14.2 Å². The highest BCUT2D eigenvalue weighted by molar-refractivity contribution is 5.64. The third-order valence-electron chi connectivity index (χ3n) is 8.29. The number of hydrogen-bond acceptors (Lipinski definition) is 11. The standard InChI is InChI=1S/C27H29F7N10O3/c1-42-24(45)44(41-40-42)20-10-18(17(28)9-21(20)47-14-25(46,26(29,30)31)27(32,33)34)38-23-37-13-16(11-35)22(39-23)36-12-15-5-4-8-43-7-3-2-6-19(15)43/h9-10,13,15,19,46H,2-8,12,14H2,1H3,(H2,36,37,38,39)/t15-,19+/m0/s1. The molecule has 2 aliphatic rings. The number of halogens is 7. The Labute approximate surface area is 261 Å². The van der Waals surface area contributed by atoms with E-state index in [-0.39, 0.29) is 17.3 Å². The molecule has 3 aromatic rings. The molecule has 2 aliphatic heterocycles. The van der Waals surface area contributed by atoms with Crippen LogP contribution in [0.5, 0.6) is 5.75 Å². The van der Waals surface area contributed by atoms with Gasteiger partial charge in [0.05, 0.1) is 11.9 Å². The number of nitrogens with one attached hydrogen (secondary N) is 2. The Bertz CT molecular complexity index is 1690. The fourth-order valence-corrected chi connectivity index (χ4v) is 5.71. The quantitative estimate of drug-likeness (QED) is 0.286. The largest absolute Gasteiger partial charge is 0.487 e. The number of aryl methyl sites for hydroxylation is 1. The number of piperidine rings is 2. The monoisotopic (exact) mass is 674 g/mol. The van der Waals surface area contributed by atoms with Gasteiger partial charge in [-0.05, 0) is 61.2 Å². The van der Waals surface area contributed by atoms with Gasteiger partial charge in [-0.3, -0.25) is 0 Å². The van der Waals surface area contributed by atoms with Gasteiger partial charge in [-0.2, -0.15) is 46.0 Å². The summed E-state index contributed by atoms with van der Waals surface area (Å²) >= 11 is 0. The zero-order valence-corrected chi connectivity index (χ0v) is 24.7. The van der Waals surface area contributed by atoms with E-state index in [9.17, 15) is 41.5 Å². The van der Waals surface area contributed by atoms with Crippen molar-refractivity contribution < 1.29 is 40.6 Å². The smallest absolute Gasteiger partial charge is 0.429 e. The van der Waals surface area contributed by atoms with Crippen LogP contribution >= 0.6 is 0 Å². The van der Waals surface area contributed by atoms with E-state index < -0.39 is 53.2 Å². The van der Waals surface area contributed by atoms with Crippen molar-refractivity contribution >= 4 is 17.5 Å². The van der Waals surface area contributed by atoms with Crippen molar-refractivity contribution in [1.82, 2.24) is 34.7 Å². The molecule has 20 heteroatoms. The van der Waals surface area contributed by atoms with Gasteiger partial charge in [0, 0.05) is 25.7 Å². The number of nitriles is 1. The number of anilines is 3. The number of hydrogen-bond donors (Lipinski definition) is 3. The summed E-state index contributed by atoms with van der Waals surface area (Å²) in [5.74, 6) is -2.06. The molecule has 1 aromatic carbocycles. The van der Waals surface area contributed by atoms with Gasteiger partial charge in [0.2, 0.25) is 5.95 Å². The first-order valence-electron chi connectivity index (χ1n) is 14.5. The molecule has 0 saturated carbocycles. The summed E-state index contributed by atoms with van der Waals surface area (Å²) in [7, 11) is 1.15. The number of aliphatic hydroxyl groups is 1. The van der Waals surface area contributed by atoms with Crippen molar-refractivity contribution in [3.05, 3.63) is 40.2 Å². The molecule has 0 aliphatic carbocycles. The molecule has 0 unspecified atom stereocenters. The molecule has 254 valence electrons. The van der Waals surface area contributed by atoms with Gasteiger partial charge in [-0.1, -0.05) is 6.42 Å². The van der Waals surface area contributed by atoms with E-state index in [1.165, 1.54) is 6.20 Å². The van der Waals surface area contributed by atoms with Crippen molar-refractivity contribution in [3.8, 4) is 17.5 Å². The van der Waals surface area contributed by atoms with E-state index in [0.29, 0.717) is 33.9 Å². The maximum Gasteiger partial charge on any atom is 0.429 e. The maximum atomic E-state index is 15.3. The van der Waals surface area contributed by atoms with E-state index >= 15 is 4.39 Å². The molecule has 2 fully saturated rings. The first kappa shape index (κ1) is 33.8. The molecular formula is C27H29F7N10O3. The minimum absolute atomic E-state index is 0.102. The van der Waals surface area contributed by atoms with Crippen LogP contribution in [0.15, 0.2) is 23.1 Å². The molecule has 2 saturated heterocycles. The zero-order valence-electron chi connectivity index (χ0n) is 24.7. The van der Waals surface area contributed by atoms with Crippen LogP contribution in [0.1, 0.15) is 37.7 Å². The number of nitrogens with zero attached hydrogens (tertiary/aromatic N) is 8. The Kier molecular flexibility index (Phi) is 9.32. The lowest BCUT2D eigenvalue weighted by molar-refractivity contribution is -0.373. The third-order valence-corrected chi connectivity index (χ3v) is 8.29. The summed E-state index contributed by atoms with van der Waals surface area (Å²) in [6.07, 6.45) is -5.89. The summed E-state index contributed by atoms with van der Waals surface area (Å²) in [6, 6.07) is 3.58. The number of aromatic nitrogens is 6. The van der Waals surface area contributed by atoms with Gasteiger partial charge >= 0.3 is 18.0 Å². The molecule has 2 atom stereocenters. The van der Waals surface area contributed by atoms with E-state index in [4.69, 9.17) is 0 Å². The van der Waals surface area contributed by atoms with Crippen molar-refractivity contribution in [3.63, 3.8) is 0 Å². The summed E-state index contributed by atoms with van der Waals surface area (Å²) in [5, 5.41) is 31.8. The molecule has 5 rings (SSSR count). The van der Waals surface area contributed by atoms with Crippen LogP contribution in [-0.4, -0.2) is 90.0 Å². The summed E-state index contributed by atoms with van der Waals surface area (Å²) < 4.78 is 101. The lowest BCUT2D eigenvalue weighted by Gasteiger charge is -2.44. The molecule has 0 amide bonds. The average molecular weight is 675 g/mol. The number of alkyl halides is 6. The summed E-state index contributed by atoms with van der Waals surface area (Å²) in [4.78, 5) is 23.3. The normalized spacial score (nSPS) is 19.1. The van der Waals surface area contributed by atoms with E-state index in [2.05, 4.69) is 40.7 Å². The van der Waals surface area contributed by atoms with Crippen LogP contribution in [-0.2, 0) is 7.05 Å². The van der Waals surface area contributed by atoms with Gasteiger partial charge in [0.15, 0.2) is 5.82 Å². The number of fused-ring (bicyclic) bond motifs is 1. The number of ether oxygens (including phenoxy) is 1. The Morgan fingerprint density at radius 1 is 1.09 bits per heavy atom. The summed E-state index contributed by atoms with van der Waals surface area (Å²) in [5.41, 5.74) is -7.36. The van der Waals surface area contributed by atoms with Gasteiger partial charge in [0.1, 0.15) is 35.5 Å². The molecule has 3 N–H and O–H groups in total. The molecule has 2 aromatic heterocycles. The maximum absolute atomic E-state index is 15.3. The zero-order chi connectivity index (χ0) is 34.1. The number of tetrazole rings is 1. The minimum Gasteiger partial charge on any atom is -0.487 e. The highest BCUT2D eigenvalue weighted by Gasteiger charge is 2.71. The second-order valence-electron chi connectivity index (χ2n) is 11.3. The number of benzene rings is 1. The second kappa shape index (κ2) is 12.9. The van der Waals surface area contributed by atoms with Gasteiger partial charge in [-0.15, -0.1) is 0 Å². The number of rotatable bonds is 9. The first-order chi connectivity index (χ1) is 22.1. The van der Waals surface area contributed by atoms with Crippen LogP contribution in [0.3, 0.4) is 0 Å². The fourth-order valence-electron chi connectivity index (χ4n) is 5.71. The van der Waals surface area contributed by atoms with Crippen molar-refractivity contribution in [1.29, 1.82) is 5.26 Å². The molecule has 0 radical (unpaired) electrons. The highest BCUT2D eigenvalue weighted by Crippen LogP contribution is 2.44. The molecule has 47 heavy (non-hydrogen) atoms. The predicted octanol–water partition coefficient (Wildman–Crippen LogP) is 3.42. The van der Waals surface area contributed by atoms with E-state index in [1.54, 1.807) is 0 Å². The van der Waals surface area contributed by atoms with E-state index in [1.807, 2.05) is 6.07 Å². The highest BCUT2D eigenvalue weighted by atomic mass is 19.4. The van der Waals surface area contributed by atoms with Gasteiger partial charge < -0.3 is 25.4 Å². The molecule has 4 heterocycles. The van der Waals surface area contributed by atoms with Crippen molar-refractivity contribution in [2.24, 2.45) is 13.0 Å². The minimum atomic E-state index is -6.22. The van der Waals surface area contributed by atoms with Gasteiger partial charge in [0.25, 0.3) is 5.60 Å². The third kappa shape index (κ3) is 6.81. The molecule has 0 bridgehead atoms. The molecule has 13 nitrogen and oxygen atoms in total. The molecule has 0 spiro atoms. The van der Waals surface area contributed by atoms with Crippen LogP contribution in [0.4, 0.5) is 48.2 Å². The topological polar surface area (TPSA) is 159 Å². The van der Waals surface area contributed by atoms with Crippen LogP contribution < -0.4 is 21.1 Å². The van der Waals surface area contributed by atoms with Crippen LogP contribution in [0, 0.1) is 23.1 Å². The Morgan fingerprint density at radius 3 is 2.47 bits per heavy atom. The van der Waals surface area contributed by atoms with Crippen LogP contribution in [0.25, 0.3) is 5.69 Å². The van der Waals surface area contributed by atoms with Crippen molar-refractivity contribution in [2.75, 3.05) is 36.9 Å². The lowest BCUT2D eigenvalue weighted by Crippen LogP contribution is -2.60. The summed E-state index contributed by atoms with van der Waals surface area (Å²) in [6.45, 7) is 0.155. The SMILES string of the molecule is Cn1nnn(-c2cc(Nc3ncc(C#N)c(NC[C@@H]4CCCN5CCCC[C@H]45)n3)c(F)cc2OCC(O)(C(F)(F)F)C(F)(F)F)c1=O. The Morgan fingerprint density at radius 2 is 1.81 bits per heavy atom. The van der Waals surface area contributed by atoms with E-state index in [0.717, 1.165) is 58.3 Å². The van der Waals surface area contributed by atoms with Crippen LogP contribution in [0.2, 0.25) is 0 Å². The Balaban J connectivity index is 1.43. The van der Waals surface area contributed by atoms with Crippen molar-refractivity contribution in [2.45, 2.75) is 56.1 Å². The lowest BCUT2D eigenvalue weighted by atomic mass is 9.83. The molecular weight excluding hydrogens is 645 g/mol.